The molecule has 102 valence electrons. The summed E-state index contributed by atoms with van der Waals surface area (Å²) in [5, 5.41) is 3.32. The Balaban J connectivity index is 1.90. The minimum absolute atomic E-state index is 0.0841. The van der Waals surface area contributed by atoms with Crippen molar-refractivity contribution in [3.05, 3.63) is 29.3 Å². The van der Waals surface area contributed by atoms with Crippen molar-refractivity contribution >= 4 is 23.4 Å². The van der Waals surface area contributed by atoms with Gasteiger partial charge in [-0.2, -0.15) is 0 Å². The lowest BCUT2D eigenvalue weighted by molar-refractivity contribution is -0.143. The molecule has 1 atom stereocenters. The molecule has 1 aliphatic rings. The van der Waals surface area contributed by atoms with Gasteiger partial charge in [-0.15, -0.1) is 0 Å². The van der Waals surface area contributed by atoms with Gasteiger partial charge >= 0.3 is 0 Å². The Kier molecular flexibility index (Phi) is 4.27. The number of ether oxygens (including phenoxy) is 1. The van der Waals surface area contributed by atoms with Gasteiger partial charge in [-0.3, -0.25) is 9.59 Å². The van der Waals surface area contributed by atoms with E-state index in [9.17, 15) is 9.59 Å². The van der Waals surface area contributed by atoms with Crippen LogP contribution in [-0.2, 0) is 9.59 Å². The van der Waals surface area contributed by atoms with E-state index < -0.39 is 6.04 Å². The Hall–Kier alpha value is -1.75. The molecule has 6 heteroatoms. The number of rotatable bonds is 3. The second kappa shape index (κ2) is 5.93. The molecule has 1 aliphatic heterocycles. The highest BCUT2D eigenvalue weighted by Gasteiger charge is 2.29. The molecule has 2 rings (SSSR count). The lowest BCUT2D eigenvalue weighted by Crippen LogP contribution is -2.56. The highest BCUT2D eigenvalue weighted by molar-refractivity contribution is 6.30. The molecule has 0 aliphatic carbocycles. The van der Waals surface area contributed by atoms with Crippen molar-refractivity contribution in [1.82, 2.24) is 10.2 Å². The van der Waals surface area contributed by atoms with E-state index in [-0.39, 0.29) is 18.4 Å². The first-order valence-electron chi connectivity index (χ1n) is 6.03. The van der Waals surface area contributed by atoms with Gasteiger partial charge in [-0.25, -0.2) is 0 Å². The normalized spacial score (nSPS) is 18.9. The first-order chi connectivity index (χ1) is 9.08. The molecule has 0 aromatic heterocycles. The molecule has 1 aromatic carbocycles. The molecule has 1 saturated heterocycles. The number of halogens is 1. The molecule has 0 radical (unpaired) electrons. The summed E-state index contributed by atoms with van der Waals surface area (Å²) in [5.41, 5.74) is 0. The standard InChI is InChI=1S/C13H15ClN2O3/c1-9-13(18)15-6-7-16(9)12(17)8-19-11-4-2-10(14)3-5-11/h2-5,9H,6-8H2,1H3,(H,15,18). The van der Waals surface area contributed by atoms with Crippen molar-refractivity contribution in [2.45, 2.75) is 13.0 Å². The molecule has 0 bridgehead atoms. The zero-order valence-electron chi connectivity index (χ0n) is 10.6. The number of hydrogen-bond donors (Lipinski definition) is 1. The maximum absolute atomic E-state index is 12.0. The van der Waals surface area contributed by atoms with Gasteiger partial charge in [-0.05, 0) is 31.2 Å². The largest absolute Gasteiger partial charge is 0.484 e. The summed E-state index contributed by atoms with van der Waals surface area (Å²) in [4.78, 5) is 25.0. The first-order valence-corrected chi connectivity index (χ1v) is 6.41. The molecule has 5 nitrogen and oxygen atoms in total. The smallest absolute Gasteiger partial charge is 0.261 e. The summed E-state index contributed by atoms with van der Waals surface area (Å²) in [7, 11) is 0. The number of piperazine rings is 1. The van der Waals surface area contributed by atoms with Gasteiger partial charge in [0.15, 0.2) is 6.61 Å². The van der Waals surface area contributed by atoms with Crippen LogP contribution in [-0.4, -0.2) is 42.5 Å². The molecule has 1 fully saturated rings. The fraction of sp³-hybridized carbons (Fsp3) is 0.385. The second-order valence-corrected chi connectivity index (χ2v) is 4.73. The summed E-state index contributed by atoms with van der Waals surface area (Å²) >= 11 is 5.76. The van der Waals surface area contributed by atoms with Crippen LogP contribution in [0.2, 0.25) is 5.02 Å². The zero-order chi connectivity index (χ0) is 13.8. The summed E-state index contributed by atoms with van der Waals surface area (Å²) in [5.74, 6) is 0.246. The van der Waals surface area contributed by atoms with Crippen LogP contribution < -0.4 is 10.1 Å². The van der Waals surface area contributed by atoms with Gasteiger partial charge in [0.1, 0.15) is 11.8 Å². The first kappa shape index (κ1) is 13.7. The number of nitrogens with one attached hydrogen (secondary N) is 1. The van der Waals surface area contributed by atoms with Crippen LogP contribution in [0.3, 0.4) is 0 Å². The molecule has 1 aromatic rings. The van der Waals surface area contributed by atoms with Gasteiger partial charge in [-0.1, -0.05) is 11.6 Å². The van der Waals surface area contributed by atoms with Crippen LogP contribution in [0.4, 0.5) is 0 Å². The van der Waals surface area contributed by atoms with Crippen LogP contribution in [0.5, 0.6) is 5.75 Å². The van der Waals surface area contributed by atoms with Crippen LogP contribution >= 0.6 is 11.6 Å². The van der Waals surface area contributed by atoms with E-state index in [2.05, 4.69) is 5.32 Å². The van der Waals surface area contributed by atoms with Crippen molar-refractivity contribution in [3.63, 3.8) is 0 Å². The third-order valence-electron chi connectivity index (χ3n) is 3.00. The van der Waals surface area contributed by atoms with Crippen LogP contribution in [0, 0.1) is 0 Å². The van der Waals surface area contributed by atoms with E-state index in [1.54, 1.807) is 31.2 Å². The minimum atomic E-state index is -0.449. The van der Waals surface area contributed by atoms with Gasteiger partial charge < -0.3 is 15.0 Å². The Labute approximate surface area is 116 Å². The number of carbonyl (C=O) groups is 2. The summed E-state index contributed by atoms with van der Waals surface area (Å²) < 4.78 is 5.38. The van der Waals surface area contributed by atoms with Crippen molar-refractivity contribution in [3.8, 4) is 5.75 Å². The van der Waals surface area contributed by atoms with E-state index in [0.717, 1.165) is 0 Å². The average Bonchev–Trinajstić information content (AvgIpc) is 2.41. The summed E-state index contributed by atoms with van der Waals surface area (Å²) in [6.07, 6.45) is 0. The second-order valence-electron chi connectivity index (χ2n) is 4.30. The van der Waals surface area contributed by atoms with Crippen molar-refractivity contribution < 1.29 is 14.3 Å². The number of hydrogen-bond acceptors (Lipinski definition) is 3. The van der Waals surface area contributed by atoms with Crippen LogP contribution in [0.25, 0.3) is 0 Å². The van der Waals surface area contributed by atoms with Gasteiger partial charge in [0.25, 0.3) is 5.91 Å². The maximum Gasteiger partial charge on any atom is 0.261 e. The quantitative estimate of drug-likeness (QED) is 0.902. The number of nitrogens with zero attached hydrogens (tertiary/aromatic N) is 1. The minimum Gasteiger partial charge on any atom is -0.484 e. The predicted octanol–water partition coefficient (Wildman–Crippen LogP) is 1.07. The molecule has 1 heterocycles. The molecule has 0 saturated carbocycles. The fourth-order valence-corrected chi connectivity index (χ4v) is 2.01. The van der Waals surface area contributed by atoms with Crippen LogP contribution in [0.1, 0.15) is 6.92 Å². The van der Waals surface area contributed by atoms with E-state index in [1.807, 2.05) is 0 Å². The molecule has 2 amide bonds. The molecule has 0 spiro atoms. The highest BCUT2D eigenvalue weighted by atomic mass is 35.5. The van der Waals surface area contributed by atoms with E-state index in [1.165, 1.54) is 4.90 Å². The summed E-state index contributed by atoms with van der Waals surface area (Å²) in [6.45, 7) is 2.61. The Morgan fingerprint density at radius 3 is 2.84 bits per heavy atom. The predicted molar refractivity (Wildman–Crippen MR) is 71.1 cm³/mol. The van der Waals surface area contributed by atoms with Gasteiger partial charge in [0.2, 0.25) is 5.91 Å². The summed E-state index contributed by atoms with van der Waals surface area (Å²) in [6, 6.07) is 6.33. The Bertz CT molecular complexity index is 475. The number of benzene rings is 1. The SMILES string of the molecule is CC1C(=O)NCCN1C(=O)COc1ccc(Cl)cc1. The fourth-order valence-electron chi connectivity index (χ4n) is 1.88. The van der Waals surface area contributed by atoms with Crippen LogP contribution in [0.15, 0.2) is 24.3 Å². The molecule has 1 N–H and O–H groups in total. The van der Waals surface area contributed by atoms with Gasteiger partial charge in [0.05, 0.1) is 0 Å². The van der Waals surface area contributed by atoms with E-state index in [0.29, 0.717) is 23.9 Å². The third-order valence-corrected chi connectivity index (χ3v) is 3.25. The molecule has 1 unspecified atom stereocenters. The highest BCUT2D eigenvalue weighted by Crippen LogP contribution is 2.15. The lowest BCUT2D eigenvalue weighted by atomic mass is 10.2. The lowest BCUT2D eigenvalue weighted by Gasteiger charge is -2.32. The number of carbonyl (C=O) groups excluding carboxylic acids is 2. The Morgan fingerprint density at radius 1 is 1.47 bits per heavy atom. The van der Waals surface area contributed by atoms with E-state index in [4.69, 9.17) is 16.3 Å². The van der Waals surface area contributed by atoms with Crippen molar-refractivity contribution in [2.75, 3.05) is 19.7 Å². The topological polar surface area (TPSA) is 58.6 Å². The Morgan fingerprint density at radius 2 is 2.16 bits per heavy atom. The number of amides is 2. The van der Waals surface area contributed by atoms with E-state index >= 15 is 0 Å². The van der Waals surface area contributed by atoms with Crippen molar-refractivity contribution in [1.29, 1.82) is 0 Å². The molecular weight excluding hydrogens is 268 g/mol. The van der Waals surface area contributed by atoms with Crippen molar-refractivity contribution in [2.24, 2.45) is 0 Å². The molecular formula is C13H15ClN2O3. The monoisotopic (exact) mass is 282 g/mol. The molecule has 19 heavy (non-hydrogen) atoms. The van der Waals surface area contributed by atoms with Gasteiger partial charge in [0, 0.05) is 18.1 Å². The average molecular weight is 283 g/mol. The third kappa shape index (κ3) is 3.38. The zero-order valence-corrected chi connectivity index (χ0v) is 11.3. The maximum atomic E-state index is 12.0.